The summed E-state index contributed by atoms with van der Waals surface area (Å²) in [7, 11) is -3.70. The van der Waals surface area contributed by atoms with Gasteiger partial charge in [0.25, 0.3) is 0 Å². The monoisotopic (exact) mass is 265 g/mol. The van der Waals surface area contributed by atoms with E-state index < -0.39 is 39.1 Å². The second-order valence-corrected chi connectivity index (χ2v) is 6.41. The zero-order valence-corrected chi connectivity index (χ0v) is 11.1. The van der Waals surface area contributed by atoms with Crippen LogP contribution in [0.5, 0.6) is 0 Å². The molecule has 1 amide bonds. The van der Waals surface area contributed by atoms with E-state index in [0.717, 1.165) is 0 Å². The summed E-state index contributed by atoms with van der Waals surface area (Å²) in [5.74, 6) is -2.29. The molecule has 2 N–H and O–H groups in total. The average Bonchev–Trinajstić information content (AvgIpc) is 2.25. The van der Waals surface area contributed by atoms with Gasteiger partial charge < -0.3 is 10.4 Å². The summed E-state index contributed by atoms with van der Waals surface area (Å²) in [6, 6.07) is -0.0976. The lowest BCUT2D eigenvalue weighted by atomic mass is 10.2. The summed E-state index contributed by atoms with van der Waals surface area (Å²) in [6.45, 7) is 4.91. The van der Waals surface area contributed by atoms with Crippen LogP contribution in [0, 0.1) is 0 Å². The first-order valence-corrected chi connectivity index (χ1v) is 7.16. The van der Waals surface area contributed by atoms with Crippen LogP contribution in [-0.2, 0) is 19.4 Å². The predicted molar refractivity (Wildman–Crippen MR) is 63.4 cm³/mol. The summed E-state index contributed by atoms with van der Waals surface area (Å²) in [5, 5.41) is 9.76. The molecule has 0 aliphatic rings. The molecule has 0 aliphatic carbocycles. The molecule has 0 fully saturated rings. The second kappa shape index (κ2) is 6.58. The highest BCUT2D eigenvalue weighted by molar-refractivity contribution is 7.92. The molecule has 0 rings (SSSR count). The average molecular weight is 265 g/mol. The number of carbonyl (C=O) groups excluding carboxylic acids is 1. The van der Waals surface area contributed by atoms with E-state index in [1.165, 1.54) is 6.92 Å². The summed E-state index contributed by atoms with van der Waals surface area (Å²) in [6.07, 6.45) is 0.219. The van der Waals surface area contributed by atoms with E-state index in [0.29, 0.717) is 6.42 Å². The van der Waals surface area contributed by atoms with E-state index >= 15 is 0 Å². The highest BCUT2D eigenvalue weighted by Crippen LogP contribution is 2.05. The Morgan fingerprint density at radius 1 is 1.29 bits per heavy atom. The van der Waals surface area contributed by atoms with Crippen LogP contribution in [-0.4, -0.2) is 42.4 Å². The van der Waals surface area contributed by atoms with Gasteiger partial charge in [0, 0.05) is 6.04 Å². The van der Waals surface area contributed by atoms with Crippen LogP contribution >= 0.6 is 0 Å². The van der Waals surface area contributed by atoms with Crippen molar-refractivity contribution >= 4 is 21.7 Å². The Morgan fingerprint density at radius 2 is 1.82 bits per heavy atom. The fourth-order valence-electron chi connectivity index (χ4n) is 1.03. The van der Waals surface area contributed by atoms with Crippen LogP contribution in [0.1, 0.15) is 33.6 Å². The molecule has 7 heteroatoms. The van der Waals surface area contributed by atoms with Gasteiger partial charge in [-0.15, -0.1) is 0 Å². The third-order valence-corrected chi connectivity index (χ3v) is 4.57. The summed E-state index contributed by atoms with van der Waals surface area (Å²) >= 11 is 0. The van der Waals surface area contributed by atoms with Gasteiger partial charge in [-0.2, -0.15) is 0 Å². The SMILES string of the molecule is CCC(C)NC(=O)C(C)S(=O)(=O)CCC(=O)O. The fraction of sp³-hybridized carbons (Fsp3) is 0.800. The maximum absolute atomic E-state index is 11.6. The summed E-state index contributed by atoms with van der Waals surface area (Å²) in [5.41, 5.74) is 0. The largest absolute Gasteiger partial charge is 0.481 e. The van der Waals surface area contributed by atoms with Crippen molar-refractivity contribution in [2.24, 2.45) is 0 Å². The number of sulfone groups is 1. The van der Waals surface area contributed by atoms with E-state index in [9.17, 15) is 18.0 Å². The Morgan fingerprint density at radius 3 is 2.24 bits per heavy atom. The van der Waals surface area contributed by atoms with Crippen molar-refractivity contribution in [1.29, 1.82) is 0 Å². The molecule has 0 saturated heterocycles. The Balaban J connectivity index is 4.51. The van der Waals surface area contributed by atoms with Gasteiger partial charge in [-0.25, -0.2) is 8.42 Å². The number of carboxylic acids is 1. The summed E-state index contributed by atoms with van der Waals surface area (Å²) < 4.78 is 23.2. The second-order valence-electron chi connectivity index (χ2n) is 3.97. The molecule has 100 valence electrons. The lowest BCUT2D eigenvalue weighted by Gasteiger charge is -2.16. The minimum absolute atomic E-state index is 0.0976. The zero-order valence-electron chi connectivity index (χ0n) is 10.3. The third kappa shape index (κ3) is 5.67. The molecule has 0 spiro atoms. The molecule has 0 aromatic rings. The Labute approximate surface area is 101 Å². The quantitative estimate of drug-likeness (QED) is 0.684. The fourth-order valence-corrected chi connectivity index (χ4v) is 2.24. The highest BCUT2D eigenvalue weighted by atomic mass is 32.2. The van der Waals surface area contributed by atoms with Crippen LogP contribution in [0.4, 0.5) is 0 Å². The van der Waals surface area contributed by atoms with Gasteiger partial charge in [0.1, 0.15) is 5.25 Å². The van der Waals surface area contributed by atoms with Gasteiger partial charge >= 0.3 is 5.97 Å². The topological polar surface area (TPSA) is 101 Å². The molecule has 0 heterocycles. The molecule has 0 radical (unpaired) electrons. The third-order valence-electron chi connectivity index (χ3n) is 2.51. The lowest BCUT2D eigenvalue weighted by molar-refractivity contribution is -0.136. The molecule has 0 saturated carbocycles. The maximum Gasteiger partial charge on any atom is 0.304 e. The number of carbonyl (C=O) groups is 2. The van der Waals surface area contributed by atoms with Crippen molar-refractivity contribution < 1.29 is 23.1 Å². The van der Waals surface area contributed by atoms with Crippen molar-refractivity contribution in [2.75, 3.05) is 5.75 Å². The number of carboxylic acid groups (broad SMARTS) is 1. The predicted octanol–water partition coefficient (Wildman–Crippen LogP) is 0.179. The van der Waals surface area contributed by atoms with Crippen LogP contribution < -0.4 is 5.32 Å². The molecular weight excluding hydrogens is 246 g/mol. The number of hydrogen-bond donors (Lipinski definition) is 2. The summed E-state index contributed by atoms with van der Waals surface area (Å²) in [4.78, 5) is 21.9. The van der Waals surface area contributed by atoms with Gasteiger partial charge in [-0.05, 0) is 20.3 Å². The van der Waals surface area contributed by atoms with Crippen molar-refractivity contribution in [3.05, 3.63) is 0 Å². The highest BCUT2D eigenvalue weighted by Gasteiger charge is 2.28. The van der Waals surface area contributed by atoms with Crippen molar-refractivity contribution in [2.45, 2.75) is 44.9 Å². The van der Waals surface area contributed by atoms with E-state index in [1.807, 2.05) is 6.92 Å². The van der Waals surface area contributed by atoms with Crippen molar-refractivity contribution in [1.82, 2.24) is 5.32 Å². The van der Waals surface area contributed by atoms with Gasteiger partial charge in [0.15, 0.2) is 9.84 Å². The van der Waals surface area contributed by atoms with Crippen LogP contribution in [0.15, 0.2) is 0 Å². The van der Waals surface area contributed by atoms with Gasteiger partial charge in [0.05, 0.1) is 12.2 Å². The number of amides is 1. The first-order chi connectivity index (χ1) is 7.70. The standard InChI is InChI=1S/C10H19NO5S/c1-4-7(2)11-10(14)8(3)17(15,16)6-5-9(12)13/h7-8H,4-6H2,1-3H3,(H,11,14)(H,12,13). The van der Waals surface area contributed by atoms with E-state index in [1.54, 1.807) is 6.92 Å². The van der Waals surface area contributed by atoms with Gasteiger partial charge in [-0.3, -0.25) is 9.59 Å². The first-order valence-electron chi connectivity index (χ1n) is 5.44. The lowest BCUT2D eigenvalue weighted by Crippen LogP contribution is -2.42. The number of nitrogens with one attached hydrogen (secondary N) is 1. The molecule has 2 unspecified atom stereocenters. The Bertz CT molecular complexity index is 376. The minimum Gasteiger partial charge on any atom is -0.481 e. The smallest absolute Gasteiger partial charge is 0.304 e. The molecule has 0 aromatic heterocycles. The van der Waals surface area contributed by atoms with Crippen molar-refractivity contribution in [3.8, 4) is 0 Å². The zero-order chi connectivity index (χ0) is 13.6. The van der Waals surface area contributed by atoms with E-state index in [-0.39, 0.29) is 6.04 Å². The molecule has 17 heavy (non-hydrogen) atoms. The maximum atomic E-state index is 11.6. The normalized spacial score (nSPS) is 15.0. The van der Waals surface area contributed by atoms with Gasteiger partial charge in [0.2, 0.25) is 5.91 Å². The van der Waals surface area contributed by atoms with Crippen LogP contribution in [0.25, 0.3) is 0 Å². The molecular formula is C10H19NO5S. The first kappa shape index (κ1) is 15.9. The van der Waals surface area contributed by atoms with Crippen LogP contribution in [0.2, 0.25) is 0 Å². The van der Waals surface area contributed by atoms with Gasteiger partial charge in [-0.1, -0.05) is 6.92 Å². The molecule has 2 atom stereocenters. The number of hydrogen-bond acceptors (Lipinski definition) is 4. The number of aliphatic carboxylic acids is 1. The number of rotatable bonds is 7. The van der Waals surface area contributed by atoms with E-state index in [2.05, 4.69) is 5.32 Å². The molecule has 0 aliphatic heterocycles. The molecule has 0 aromatic carbocycles. The van der Waals surface area contributed by atoms with Crippen molar-refractivity contribution in [3.63, 3.8) is 0 Å². The molecule has 6 nitrogen and oxygen atoms in total. The Hall–Kier alpha value is -1.11. The Kier molecular flexibility index (Phi) is 6.15. The minimum atomic E-state index is -3.70. The van der Waals surface area contributed by atoms with E-state index in [4.69, 9.17) is 5.11 Å². The molecule has 0 bridgehead atoms. The van der Waals surface area contributed by atoms with Crippen LogP contribution in [0.3, 0.4) is 0 Å².